The first-order valence-electron chi connectivity index (χ1n) is 5.54. The van der Waals surface area contributed by atoms with Gasteiger partial charge in [0.05, 0.1) is 18.8 Å². The number of benzene rings is 1. The molecule has 0 amide bonds. The van der Waals surface area contributed by atoms with E-state index in [9.17, 15) is 0 Å². The minimum absolute atomic E-state index is 0.141. The van der Waals surface area contributed by atoms with Crippen molar-refractivity contribution in [2.24, 2.45) is 11.8 Å². The van der Waals surface area contributed by atoms with Crippen LogP contribution in [-0.2, 0) is 4.74 Å². The number of ether oxygens (including phenoxy) is 1. The zero-order valence-corrected chi connectivity index (χ0v) is 10.1. The van der Waals surface area contributed by atoms with Crippen LogP contribution in [0.2, 0.25) is 5.02 Å². The van der Waals surface area contributed by atoms with Gasteiger partial charge in [-0.2, -0.15) is 0 Å². The molecule has 1 aliphatic heterocycles. The van der Waals surface area contributed by atoms with Crippen molar-refractivity contribution in [1.29, 1.82) is 0 Å². The van der Waals surface area contributed by atoms with Crippen molar-refractivity contribution in [2.75, 3.05) is 6.61 Å². The molecule has 2 rings (SSSR count). The Morgan fingerprint density at radius 2 is 2.12 bits per heavy atom. The molecule has 88 valence electrons. The van der Waals surface area contributed by atoms with E-state index in [1.54, 1.807) is 0 Å². The summed E-state index contributed by atoms with van der Waals surface area (Å²) in [5, 5.41) is 0.746. The summed E-state index contributed by atoms with van der Waals surface area (Å²) in [5.41, 5.74) is 4.04. The van der Waals surface area contributed by atoms with Crippen LogP contribution in [0.15, 0.2) is 24.3 Å². The standard InChI is InChI=1S/C12H17ClN2O/c1-8-6-10(7-16-8)12(15-14)9-2-4-11(13)5-3-9/h2-5,8,10,12,15H,6-7,14H2,1H3. The summed E-state index contributed by atoms with van der Waals surface area (Å²) in [4.78, 5) is 0. The molecule has 3 unspecified atom stereocenters. The number of rotatable bonds is 3. The molecule has 0 aromatic heterocycles. The zero-order chi connectivity index (χ0) is 11.5. The van der Waals surface area contributed by atoms with Gasteiger partial charge in [-0.15, -0.1) is 0 Å². The van der Waals surface area contributed by atoms with Gasteiger partial charge < -0.3 is 4.74 Å². The Hall–Kier alpha value is -0.610. The lowest BCUT2D eigenvalue weighted by molar-refractivity contribution is 0.117. The molecular formula is C12H17ClN2O. The van der Waals surface area contributed by atoms with Crippen LogP contribution in [0, 0.1) is 5.92 Å². The first-order chi connectivity index (χ1) is 7.70. The van der Waals surface area contributed by atoms with Crippen LogP contribution >= 0.6 is 11.6 Å². The van der Waals surface area contributed by atoms with Gasteiger partial charge in [0.1, 0.15) is 0 Å². The molecule has 3 nitrogen and oxygen atoms in total. The van der Waals surface area contributed by atoms with Gasteiger partial charge in [0.2, 0.25) is 0 Å². The highest BCUT2D eigenvalue weighted by molar-refractivity contribution is 6.30. The molecule has 4 heteroatoms. The van der Waals surface area contributed by atoms with E-state index in [0.29, 0.717) is 12.0 Å². The van der Waals surface area contributed by atoms with E-state index in [2.05, 4.69) is 12.3 Å². The average molecular weight is 241 g/mol. The summed E-state index contributed by atoms with van der Waals surface area (Å²) < 4.78 is 5.57. The summed E-state index contributed by atoms with van der Waals surface area (Å²) in [7, 11) is 0. The highest BCUT2D eigenvalue weighted by Gasteiger charge is 2.29. The second-order valence-corrected chi connectivity index (χ2v) is 4.77. The van der Waals surface area contributed by atoms with E-state index in [0.717, 1.165) is 23.6 Å². The summed E-state index contributed by atoms with van der Waals surface area (Å²) >= 11 is 5.87. The molecule has 1 aliphatic rings. The second kappa shape index (κ2) is 5.15. The Kier molecular flexibility index (Phi) is 3.82. The monoisotopic (exact) mass is 240 g/mol. The normalized spacial score (nSPS) is 26.9. The van der Waals surface area contributed by atoms with Crippen molar-refractivity contribution in [3.63, 3.8) is 0 Å². The fraction of sp³-hybridized carbons (Fsp3) is 0.500. The van der Waals surface area contributed by atoms with Gasteiger partial charge in [-0.3, -0.25) is 11.3 Å². The SMILES string of the molecule is CC1CC(C(NN)c2ccc(Cl)cc2)CO1. The average Bonchev–Trinajstić information content (AvgIpc) is 2.69. The summed E-state index contributed by atoms with van der Waals surface area (Å²) in [6.45, 7) is 2.86. The molecule has 16 heavy (non-hydrogen) atoms. The lowest BCUT2D eigenvalue weighted by Crippen LogP contribution is -2.33. The van der Waals surface area contributed by atoms with Crippen molar-refractivity contribution >= 4 is 11.6 Å². The molecule has 1 heterocycles. The zero-order valence-electron chi connectivity index (χ0n) is 9.32. The lowest BCUT2D eigenvalue weighted by Gasteiger charge is -2.22. The molecule has 0 bridgehead atoms. The molecule has 0 radical (unpaired) electrons. The van der Waals surface area contributed by atoms with Gasteiger partial charge in [0.15, 0.2) is 0 Å². The maximum Gasteiger partial charge on any atom is 0.0551 e. The maximum atomic E-state index is 5.87. The summed E-state index contributed by atoms with van der Waals surface area (Å²) in [6, 6.07) is 7.94. The molecule has 1 saturated heterocycles. The quantitative estimate of drug-likeness (QED) is 0.630. The molecular weight excluding hydrogens is 224 g/mol. The molecule has 1 fully saturated rings. The molecule has 3 N–H and O–H groups in total. The molecule has 0 saturated carbocycles. The van der Waals surface area contributed by atoms with Gasteiger partial charge in [0.25, 0.3) is 0 Å². The Labute approximate surface area is 101 Å². The van der Waals surface area contributed by atoms with Gasteiger partial charge in [-0.1, -0.05) is 23.7 Å². The number of hydrogen-bond acceptors (Lipinski definition) is 3. The third-order valence-electron chi connectivity index (χ3n) is 3.11. The Balaban J connectivity index is 2.13. The Bertz CT molecular complexity index is 341. The van der Waals surface area contributed by atoms with Gasteiger partial charge >= 0.3 is 0 Å². The molecule has 0 spiro atoms. The van der Waals surface area contributed by atoms with Crippen LogP contribution in [0.4, 0.5) is 0 Å². The predicted octanol–water partition coefficient (Wildman–Crippen LogP) is 2.27. The lowest BCUT2D eigenvalue weighted by atomic mass is 9.91. The Morgan fingerprint density at radius 1 is 1.44 bits per heavy atom. The first-order valence-corrected chi connectivity index (χ1v) is 5.91. The number of halogens is 1. The largest absolute Gasteiger partial charge is 0.378 e. The second-order valence-electron chi connectivity index (χ2n) is 4.34. The highest BCUT2D eigenvalue weighted by Crippen LogP contribution is 2.31. The molecule has 1 aromatic carbocycles. The molecule has 3 atom stereocenters. The van der Waals surface area contributed by atoms with Crippen molar-refractivity contribution in [3.05, 3.63) is 34.9 Å². The highest BCUT2D eigenvalue weighted by atomic mass is 35.5. The van der Waals surface area contributed by atoms with Gasteiger partial charge in [-0.05, 0) is 31.0 Å². The van der Waals surface area contributed by atoms with Crippen LogP contribution in [0.25, 0.3) is 0 Å². The van der Waals surface area contributed by atoms with E-state index in [-0.39, 0.29) is 6.04 Å². The Morgan fingerprint density at radius 3 is 2.62 bits per heavy atom. The number of hydrogen-bond donors (Lipinski definition) is 2. The minimum Gasteiger partial charge on any atom is -0.378 e. The van der Waals surface area contributed by atoms with Crippen LogP contribution in [0.1, 0.15) is 24.9 Å². The number of hydrazine groups is 1. The van der Waals surface area contributed by atoms with E-state index < -0.39 is 0 Å². The fourth-order valence-corrected chi connectivity index (χ4v) is 2.38. The van der Waals surface area contributed by atoms with Gasteiger partial charge in [0, 0.05) is 10.9 Å². The first kappa shape index (κ1) is 11.9. The van der Waals surface area contributed by atoms with E-state index in [1.807, 2.05) is 24.3 Å². The van der Waals surface area contributed by atoms with E-state index in [1.165, 1.54) is 0 Å². The van der Waals surface area contributed by atoms with Crippen LogP contribution in [0.3, 0.4) is 0 Å². The third-order valence-corrected chi connectivity index (χ3v) is 3.36. The van der Waals surface area contributed by atoms with Crippen molar-refractivity contribution in [1.82, 2.24) is 5.43 Å². The maximum absolute atomic E-state index is 5.87. The van der Waals surface area contributed by atoms with E-state index >= 15 is 0 Å². The van der Waals surface area contributed by atoms with Crippen molar-refractivity contribution in [2.45, 2.75) is 25.5 Å². The smallest absolute Gasteiger partial charge is 0.0551 e. The molecule has 0 aliphatic carbocycles. The summed E-state index contributed by atoms with van der Waals surface area (Å²) in [6.07, 6.45) is 1.37. The van der Waals surface area contributed by atoms with Crippen molar-refractivity contribution < 1.29 is 4.74 Å². The van der Waals surface area contributed by atoms with Crippen LogP contribution in [0.5, 0.6) is 0 Å². The van der Waals surface area contributed by atoms with Crippen LogP contribution < -0.4 is 11.3 Å². The predicted molar refractivity (Wildman–Crippen MR) is 65.0 cm³/mol. The van der Waals surface area contributed by atoms with Crippen molar-refractivity contribution in [3.8, 4) is 0 Å². The fourth-order valence-electron chi connectivity index (χ4n) is 2.26. The van der Waals surface area contributed by atoms with Crippen LogP contribution in [-0.4, -0.2) is 12.7 Å². The third kappa shape index (κ3) is 2.55. The summed E-state index contributed by atoms with van der Waals surface area (Å²) in [5.74, 6) is 6.06. The minimum atomic E-state index is 0.141. The number of nitrogens with one attached hydrogen (secondary N) is 1. The van der Waals surface area contributed by atoms with Gasteiger partial charge in [-0.25, -0.2) is 0 Å². The molecule has 1 aromatic rings. The number of nitrogens with two attached hydrogens (primary N) is 1. The topological polar surface area (TPSA) is 47.3 Å². The van der Waals surface area contributed by atoms with E-state index in [4.69, 9.17) is 22.2 Å².